The number of hydrogen-bond donors (Lipinski definition) is 1. The number of nitrogens with zero attached hydrogens (tertiary/aromatic N) is 3. The fourth-order valence-electron chi connectivity index (χ4n) is 5.72. The van der Waals surface area contributed by atoms with Gasteiger partial charge in [0, 0.05) is 28.3 Å². The fraction of sp³-hybridized carbons (Fsp3) is 0.355. The summed E-state index contributed by atoms with van der Waals surface area (Å²) in [5, 5.41) is 6.13. The Balaban J connectivity index is 1.61. The summed E-state index contributed by atoms with van der Waals surface area (Å²) in [6.45, 7) is 4.24. The molecule has 1 N–H and O–H groups in total. The molecule has 2 aliphatic rings. The number of aromatic nitrogens is 1. The van der Waals surface area contributed by atoms with Crippen LogP contribution in [0.5, 0.6) is 5.75 Å². The lowest BCUT2D eigenvalue weighted by molar-refractivity contribution is -0.128. The van der Waals surface area contributed by atoms with Crippen LogP contribution in [0.25, 0.3) is 0 Å². The second kappa shape index (κ2) is 12.5. The maximum Gasteiger partial charge on any atom is 0.362 e. The predicted molar refractivity (Wildman–Crippen MR) is 169 cm³/mol. The number of carbonyl (C=O) groups excluding carboxylic acids is 2. The number of anilines is 1. The third kappa shape index (κ3) is 6.26. The van der Waals surface area contributed by atoms with E-state index in [2.05, 4.69) is 6.07 Å². The Hall–Kier alpha value is -3.30. The number of benzene rings is 2. The number of H-pyrrole nitrogens is 1. The molecule has 2 amide bonds. The molecule has 5 rings (SSSR count). The van der Waals surface area contributed by atoms with Gasteiger partial charge in [-0.25, -0.2) is 0 Å². The highest BCUT2D eigenvalue weighted by Gasteiger charge is 2.41. The summed E-state index contributed by atoms with van der Waals surface area (Å²) in [7, 11) is 1.47. The van der Waals surface area contributed by atoms with Gasteiger partial charge in [-0.1, -0.05) is 54.9 Å². The van der Waals surface area contributed by atoms with Crippen molar-refractivity contribution < 1.29 is 23.1 Å². The van der Waals surface area contributed by atoms with Gasteiger partial charge in [-0.3, -0.25) is 14.4 Å². The Kier molecular flexibility index (Phi) is 9.17. The Labute approximate surface area is 277 Å². The standard InChI is InChI=1S/C31H27Cl3F2N4O4S/c1-30(2)9-5-11-39(29(30)43)21-12-16-15-40(20(8-10-37)17(16)13-22(21)44-3)28(42)25-23(14-24(31(34,35)36)38-27(25)41)45-26-18(32)6-4-7-19(26)33/h4,6-7,12-14,20H,5,8-9,11,15H2,1-3H3,(H,38,41). The van der Waals surface area contributed by atoms with Gasteiger partial charge in [-0.05, 0) is 65.9 Å². The van der Waals surface area contributed by atoms with Crippen LogP contribution >= 0.6 is 46.6 Å². The number of methoxy groups -OCH3 is 1. The normalized spacial score (nSPS) is 17.7. The average molecular weight is 696 g/mol. The quantitative estimate of drug-likeness (QED) is 0.252. The van der Waals surface area contributed by atoms with Gasteiger partial charge in [-0.15, -0.1) is 0 Å². The van der Waals surface area contributed by atoms with Crippen LogP contribution in [0.4, 0.5) is 14.5 Å². The zero-order valence-electron chi connectivity index (χ0n) is 24.3. The highest BCUT2D eigenvalue weighted by molar-refractivity contribution is 7.99. The molecule has 14 heteroatoms. The molecule has 0 aliphatic carbocycles. The zero-order chi connectivity index (χ0) is 32.8. The molecular formula is C31H27Cl3F2N4O4S. The summed E-state index contributed by atoms with van der Waals surface area (Å²) >= 11 is 18.7. The Morgan fingerprint density at radius 2 is 1.91 bits per heavy atom. The van der Waals surface area contributed by atoms with Gasteiger partial charge in [-0.2, -0.15) is 14.0 Å². The van der Waals surface area contributed by atoms with E-state index in [1.165, 1.54) is 24.1 Å². The Bertz CT molecular complexity index is 1780. The number of piperidine rings is 1. The first kappa shape index (κ1) is 33.1. The maximum absolute atomic E-state index is 14.2. The molecule has 2 aromatic carbocycles. The third-order valence-corrected chi connectivity index (χ3v) is 10.3. The molecule has 3 heterocycles. The smallest absolute Gasteiger partial charge is 0.362 e. The van der Waals surface area contributed by atoms with Crippen molar-refractivity contribution in [2.45, 2.75) is 60.9 Å². The van der Waals surface area contributed by atoms with Gasteiger partial charge in [0.15, 0.2) is 0 Å². The SMILES string of the molecule is COc1cc2c(cc1N1CCCC(C)(C)C1=O)CN(C(=O)c1c(Sc3c(Cl)cccc3Cl)cc(C(F)(F)Cl)[nH]c1=O)C2CC#N. The lowest BCUT2D eigenvalue weighted by Crippen LogP contribution is -2.46. The van der Waals surface area contributed by atoms with Crippen LogP contribution in [0.1, 0.15) is 66.3 Å². The minimum Gasteiger partial charge on any atom is -0.495 e. The number of carbonyl (C=O) groups is 2. The van der Waals surface area contributed by atoms with E-state index in [1.54, 1.807) is 23.1 Å². The molecule has 1 saturated heterocycles. The van der Waals surface area contributed by atoms with Crippen molar-refractivity contribution in [2.24, 2.45) is 5.41 Å². The van der Waals surface area contributed by atoms with Crippen LogP contribution < -0.4 is 15.2 Å². The van der Waals surface area contributed by atoms with Gasteiger partial charge in [0.05, 0.1) is 41.4 Å². The van der Waals surface area contributed by atoms with Crippen LogP contribution in [0.3, 0.4) is 0 Å². The molecule has 0 spiro atoms. The second-order valence-corrected chi connectivity index (χ2v) is 13.7. The highest BCUT2D eigenvalue weighted by Crippen LogP contribution is 2.46. The van der Waals surface area contributed by atoms with Crippen LogP contribution in [-0.4, -0.2) is 35.4 Å². The zero-order valence-corrected chi connectivity index (χ0v) is 27.4. The molecule has 8 nitrogen and oxygen atoms in total. The van der Waals surface area contributed by atoms with Crippen molar-refractivity contribution in [1.82, 2.24) is 9.88 Å². The first-order valence-electron chi connectivity index (χ1n) is 13.8. The minimum atomic E-state index is -3.94. The van der Waals surface area contributed by atoms with E-state index in [9.17, 15) is 28.4 Å². The monoisotopic (exact) mass is 694 g/mol. The molecular weight excluding hydrogens is 669 g/mol. The number of hydrogen-bond acceptors (Lipinski definition) is 6. The number of ether oxygens (including phenoxy) is 1. The second-order valence-electron chi connectivity index (χ2n) is 11.4. The predicted octanol–water partition coefficient (Wildman–Crippen LogP) is 7.89. The summed E-state index contributed by atoms with van der Waals surface area (Å²) < 4.78 is 34.0. The fourth-order valence-corrected chi connectivity index (χ4v) is 7.46. The van der Waals surface area contributed by atoms with Gasteiger partial charge in [0.2, 0.25) is 5.91 Å². The number of pyridine rings is 1. The molecule has 0 radical (unpaired) electrons. The highest BCUT2D eigenvalue weighted by atomic mass is 35.5. The number of alkyl halides is 3. The molecule has 236 valence electrons. The summed E-state index contributed by atoms with van der Waals surface area (Å²) in [5.41, 5.74) is -1.24. The number of halogens is 5. The maximum atomic E-state index is 14.2. The third-order valence-electron chi connectivity index (χ3n) is 8.01. The molecule has 1 atom stereocenters. The van der Waals surface area contributed by atoms with Gasteiger partial charge < -0.3 is 19.5 Å². The lowest BCUT2D eigenvalue weighted by atomic mass is 9.83. The lowest BCUT2D eigenvalue weighted by Gasteiger charge is -2.37. The molecule has 1 aromatic heterocycles. The Morgan fingerprint density at radius 1 is 1.22 bits per heavy atom. The topological polar surface area (TPSA) is 106 Å². The summed E-state index contributed by atoms with van der Waals surface area (Å²) in [5.74, 6) is -0.471. The van der Waals surface area contributed by atoms with Gasteiger partial charge in [0.1, 0.15) is 17.0 Å². The molecule has 0 bridgehead atoms. The first-order chi connectivity index (χ1) is 21.2. The molecule has 1 unspecified atom stereocenters. The van der Waals surface area contributed by atoms with Crippen molar-refractivity contribution in [3.05, 3.63) is 79.2 Å². The van der Waals surface area contributed by atoms with E-state index in [4.69, 9.17) is 39.5 Å². The number of amides is 2. The van der Waals surface area contributed by atoms with Crippen LogP contribution in [0.2, 0.25) is 10.0 Å². The van der Waals surface area contributed by atoms with E-state index in [-0.39, 0.29) is 38.7 Å². The van der Waals surface area contributed by atoms with E-state index < -0.39 is 39.6 Å². The number of nitrogens with one attached hydrogen (secondary N) is 1. The van der Waals surface area contributed by atoms with Crippen molar-refractivity contribution in [3.63, 3.8) is 0 Å². The first-order valence-corrected chi connectivity index (χ1v) is 15.8. The van der Waals surface area contributed by atoms with Crippen molar-refractivity contribution in [1.29, 1.82) is 5.26 Å². The van der Waals surface area contributed by atoms with Crippen molar-refractivity contribution in [2.75, 3.05) is 18.6 Å². The number of nitriles is 1. The largest absolute Gasteiger partial charge is 0.495 e. The van der Waals surface area contributed by atoms with E-state index >= 15 is 0 Å². The van der Waals surface area contributed by atoms with Crippen LogP contribution in [0, 0.1) is 16.7 Å². The molecule has 3 aromatic rings. The van der Waals surface area contributed by atoms with E-state index in [0.717, 1.165) is 30.7 Å². The van der Waals surface area contributed by atoms with E-state index in [1.807, 2.05) is 18.8 Å². The number of rotatable bonds is 7. The van der Waals surface area contributed by atoms with E-state index in [0.29, 0.717) is 29.1 Å². The van der Waals surface area contributed by atoms with Gasteiger partial charge >= 0.3 is 5.38 Å². The summed E-state index contributed by atoms with van der Waals surface area (Å²) in [6.07, 6.45) is 1.40. The molecule has 0 saturated carbocycles. The average Bonchev–Trinajstić information content (AvgIpc) is 3.32. The Morgan fingerprint density at radius 3 is 2.53 bits per heavy atom. The number of aromatic amines is 1. The summed E-state index contributed by atoms with van der Waals surface area (Å²) in [4.78, 5) is 46.1. The number of fused-ring (bicyclic) bond motifs is 1. The minimum absolute atomic E-state index is 0.0211. The molecule has 2 aliphatic heterocycles. The van der Waals surface area contributed by atoms with Crippen LogP contribution in [0.15, 0.2) is 51.0 Å². The summed E-state index contributed by atoms with van der Waals surface area (Å²) in [6, 6.07) is 10.3. The van der Waals surface area contributed by atoms with Crippen LogP contribution in [-0.2, 0) is 16.7 Å². The van der Waals surface area contributed by atoms with Gasteiger partial charge in [0.25, 0.3) is 11.5 Å². The molecule has 45 heavy (non-hydrogen) atoms. The van der Waals surface area contributed by atoms with Crippen molar-refractivity contribution >= 4 is 64.1 Å². The molecule has 1 fully saturated rings. The van der Waals surface area contributed by atoms with Crippen molar-refractivity contribution in [3.8, 4) is 11.8 Å².